The standard InChI is InChI=1S/C15H12ClFOS/c16-12-3-1-11(2-4-12)9-14(18)10-19-15-7-5-13(17)6-8-15/h1-8H,9-10H2. The Kier molecular flexibility index (Phi) is 5.00. The summed E-state index contributed by atoms with van der Waals surface area (Å²) in [6.07, 6.45) is 0.394. The molecule has 1 nitrogen and oxygen atoms in total. The van der Waals surface area contributed by atoms with Gasteiger partial charge < -0.3 is 0 Å². The number of hydrogen-bond donors (Lipinski definition) is 0. The van der Waals surface area contributed by atoms with Gasteiger partial charge in [-0.2, -0.15) is 0 Å². The molecule has 0 bridgehead atoms. The molecule has 0 aliphatic heterocycles. The number of benzene rings is 2. The first-order valence-corrected chi connectivity index (χ1v) is 7.14. The molecule has 2 aromatic rings. The average molecular weight is 295 g/mol. The number of halogens is 2. The van der Waals surface area contributed by atoms with Gasteiger partial charge in [0.15, 0.2) is 0 Å². The highest BCUT2D eigenvalue weighted by Crippen LogP contribution is 2.19. The van der Waals surface area contributed by atoms with Crippen LogP contribution < -0.4 is 0 Å². The number of carbonyl (C=O) groups is 1. The van der Waals surface area contributed by atoms with Gasteiger partial charge >= 0.3 is 0 Å². The Morgan fingerprint density at radius 3 is 2.32 bits per heavy atom. The van der Waals surface area contributed by atoms with Crippen molar-refractivity contribution < 1.29 is 9.18 Å². The number of hydrogen-bond acceptors (Lipinski definition) is 2. The fraction of sp³-hybridized carbons (Fsp3) is 0.133. The minimum atomic E-state index is -0.267. The molecule has 0 unspecified atom stereocenters. The molecule has 4 heteroatoms. The molecule has 2 rings (SSSR count). The smallest absolute Gasteiger partial charge is 0.147 e. The van der Waals surface area contributed by atoms with E-state index in [4.69, 9.17) is 11.6 Å². The van der Waals surface area contributed by atoms with Crippen molar-refractivity contribution in [3.63, 3.8) is 0 Å². The first-order valence-electron chi connectivity index (χ1n) is 5.78. The van der Waals surface area contributed by atoms with Gasteiger partial charge in [0, 0.05) is 16.3 Å². The van der Waals surface area contributed by atoms with Crippen LogP contribution in [0.4, 0.5) is 4.39 Å². The highest BCUT2D eigenvalue weighted by Gasteiger charge is 2.05. The SMILES string of the molecule is O=C(CSc1ccc(F)cc1)Cc1ccc(Cl)cc1. The van der Waals surface area contributed by atoms with Crippen molar-refractivity contribution in [2.24, 2.45) is 0 Å². The molecule has 98 valence electrons. The Hall–Kier alpha value is -1.32. The molecule has 0 spiro atoms. The molecule has 0 saturated heterocycles. The Balaban J connectivity index is 1.84. The van der Waals surface area contributed by atoms with Crippen molar-refractivity contribution in [2.75, 3.05) is 5.75 Å². The Morgan fingerprint density at radius 1 is 1.05 bits per heavy atom. The van der Waals surface area contributed by atoms with Gasteiger partial charge in [-0.1, -0.05) is 23.7 Å². The molecule has 0 aliphatic rings. The molecule has 0 aliphatic carbocycles. The van der Waals surface area contributed by atoms with E-state index in [-0.39, 0.29) is 11.6 Å². The van der Waals surface area contributed by atoms with E-state index >= 15 is 0 Å². The first-order chi connectivity index (χ1) is 9.13. The molecule has 0 amide bonds. The second kappa shape index (κ2) is 6.73. The van der Waals surface area contributed by atoms with E-state index in [1.807, 2.05) is 12.1 Å². The van der Waals surface area contributed by atoms with Crippen molar-refractivity contribution >= 4 is 29.1 Å². The predicted molar refractivity (Wildman–Crippen MR) is 77.3 cm³/mol. The fourth-order valence-electron chi connectivity index (χ4n) is 1.58. The summed E-state index contributed by atoms with van der Waals surface area (Å²) in [6.45, 7) is 0. The maximum Gasteiger partial charge on any atom is 0.147 e. The summed E-state index contributed by atoms with van der Waals surface area (Å²) >= 11 is 7.20. The van der Waals surface area contributed by atoms with E-state index in [2.05, 4.69) is 0 Å². The second-order valence-electron chi connectivity index (χ2n) is 4.08. The maximum atomic E-state index is 12.7. The third-order valence-corrected chi connectivity index (χ3v) is 3.85. The Labute approximate surface area is 120 Å². The number of thioether (sulfide) groups is 1. The van der Waals surface area contributed by atoms with Gasteiger partial charge in [-0.15, -0.1) is 11.8 Å². The van der Waals surface area contributed by atoms with E-state index in [0.717, 1.165) is 10.5 Å². The molecule has 0 N–H and O–H groups in total. The lowest BCUT2D eigenvalue weighted by Gasteiger charge is -2.02. The van der Waals surface area contributed by atoms with Crippen molar-refractivity contribution in [2.45, 2.75) is 11.3 Å². The number of Topliss-reactive ketones (excluding diaryl/α,β-unsaturated/α-hetero) is 1. The van der Waals surface area contributed by atoms with Crippen LogP contribution in [0.2, 0.25) is 5.02 Å². The van der Waals surface area contributed by atoms with Gasteiger partial charge in [0.05, 0.1) is 5.75 Å². The van der Waals surface area contributed by atoms with Crippen LogP contribution in [0.15, 0.2) is 53.4 Å². The van der Waals surface area contributed by atoms with E-state index in [0.29, 0.717) is 17.2 Å². The van der Waals surface area contributed by atoms with E-state index < -0.39 is 0 Å². The van der Waals surface area contributed by atoms with Crippen LogP contribution >= 0.6 is 23.4 Å². The van der Waals surface area contributed by atoms with Crippen LogP contribution in [-0.2, 0) is 11.2 Å². The van der Waals surface area contributed by atoms with Gasteiger partial charge in [-0.25, -0.2) is 4.39 Å². The highest BCUT2D eigenvalue weighted by molar-refractivity contribution is 8.00. The zero-order valence-corrected chi connectivity index (χ0v) is 11.7. The molecular weight excluding hydrogens is 283 g/mol. The molecule has 0 heterocycles. The normalized spacial score (nSPS) is 10.4. The Bertz CT molecular complexity index is 551. The summed E-state index contributed by atoms with van der Waals surface area (Å²) in [5.41, 5.74) is 0.953. The Morgan fingerprint density at radius 2 is 1.68 bits per heavy atom. The van der Waals surface area contributed by atoms with Crippen LogP contribution in [0.5, 0.6) is 0 Å². The monoisotopic (exact) mass is 294 g/mol. The van der Waals surface area contributed by atoms with Gasteiger partial charge in [-0.3, -0.25) is 4.79 Å². The van der Waals surface area contributed by atoms with Gasteiger partial charge in [0.2, 0.25) is 0 Å². The first kappa shape index (κ1) is 14.1. The molecule has 0 atom stereocenters. The minimum absolute atomic E-state index is 0.136. The lowest BCUT2D eigenvalue weighted by atomic mass is 10.1. The molecule has 0 radical (unpaired) electrons. The summed E-state index contributed by atoms with van der Waals surface area (Å²) in [4.78, 5) is 12.7. The van der Waals surface area contributed by atoms with Crippen molar-refractivity contribution in [1.29, 1.82) is 0 Å². The largest absolute Gasteiger partial charge is 0.298 e. The maximum absolute atomic E-state index is 12.7. The van der Waals surface area contributed by atoms with Gasteiger partial charge in [-0.05, 0) is 42.0 Å². The van der Waals surface area contributed by atoms with Crippen LogP contribution in [0.25, 0.3) is 0 Å². The fourth-order valence-corrected chi connectivity index (χ4v) is 2.46. The molecule has 2 aromatic carbocycles. The van der Waals surface area contributed by atoms with Crippen LogP contribution in [-0.4, -0.2) is 11.5 Å². The molecule has 0 saturated carbocycles. The molecule has 0 aromatic heterocycles. The highest BCUT2D eigenvalue weighted by atomic mass is 35.5. The molecular formula is C15H12ClFOS. The predicted octanol–water partition coefficient (Wildman–Crippen LogP) is 4.38. The van der Waals surface area contributed by atoms with Gasteiger partial charge in [0.25, 0.3) is 0 Å². The number of ketones is 1. The van der Waals surface area contributed by atoms with Crippen LogP contribution in [0.3, 0.4) is 0 Å². The van der Waals surface area contributed by atoms with Crippen molar-refractivity contribution in [1.82, 2.24) is 0 Å². The summed E-state index contributed by atoms with van der Waals surface area (Å²) in [5.74, 6) is 0.252. The van der Waals surface area contributed by atoms with Crippen molar-refractivity contribution in [3.05, 3.63) is 64.9 Å². The van der Waals surface area contributed by atoms with Crippen LogP contribution in [0.1, 0.15) is 5.56 Å². The number of carbonyl (C=O) groups excluding carboxylic acids is 1. The summed E-state index contributed by atoms with van der Waals surface area (Å²) < 4.78 is 12.7. The third-order valence-electron chi connectivity index (χ3n) is 2.53. The van der Waals surface area contributed by atoms with E-state index in [9.17, 15) is 9.18 Å². The molecule has 0 fully saturated rings. The summed E-state index contributed by atoms with van der Waals surface area (Å²) in [7, 11) is 0. The molecule has 19 heavy (non-hydrogen) atoms. The van der Waals surface area contributed by atoms with E-state index in [1.54, 1.807) is 24.3 Å². The zero-order chi connectivity index (χ0) is 13.7. The number of rotatable bonds is 5. The van der Waals surface area contributed by atoms with E-state index in [1.165, 1.54) is 23.9 Å². The lowest BCUT2D eigenvalue weighted by molar-refractivity contribution is -0.116. The quantitative estimate of drug-likeness (QED) is 0.761. The topological polar surface area (TPSA) is 17.1 Å². The lowest BCUT2D eigenvalue weighted by Crippen LogP contribution is -2.05. The van der Waals surface area contributed by atoms with Crippen molar-refractivity contribution in [3.8, 4) is 0 Å². The summed E-state index contributed by atoms with van der Waals surface area (Å²) in [5, 5.41) is 0.664. The van der Waals surface area contributed by atoms with Gasteiger partial charge in [0.1, 0.15) is 11.6 Å². The van der Waals surface area contributed by atoms with Crippen LogP contribution in [0, 0.1) is 5.82 Å². The average Bonchev–Trinajstić information content (AvgIpc) is 2.41. The third kappa shape index (κ3) is 4.69. The second-order valence-corrected chi connectivity index (χ2v) is 5.57. The minimum Gasteiger partial charge on any atom is -0.298 e. The summed E-state index contributed by atoms with van der Waals surface area (Å²) in [6, 6.07) is 13.4. The zero-order valence-electron chi connectivity index (χ0n) is 10.1.